The molecule has 0 spiro atoms. The molecule has 2 nitrogen and oxygen atoms in total. The van der Waals surface area contributed by atoms with E-state index in [1.54, 1.807) is 0 Å². The van der Waals surface area contributed by atoms with E-state index < -0.39 is 0 Å². The number of aliphatic hydroxyl groups excluding tert-OH is 1. The molecule has 1 aliphatic rings. The van der Waals surface area contributed by atoms with Crippen molar-refractivity contribution >= 4 is 0 Å². The van der Waals surface area contributed by atoms with Crippen molar-refractivity contribution in [3.8, 4) is 0 Å². The van der Waals surface area contributed by atoms with Crippen LogP contribution >= 0.6 is 0 Å². The van der Waals surface area contributed by atoms with Crippen LogP contribution in [0, 0.1) is 5.92 Å². The van der Waals surface area contributed by atoms with E-state index in [4.69, 9.17) is 9.84 Å². The van der Waals surface area contributed by atoms with Gasteiger partial charge >= 0.3 is 0 Å². The second kappa shape index (κ2) is 3.18. The fourth-order valence-electron chi connectivity index (χ4n) is 1.02. The Morgan fingerprint density at radius 3 is 2.67 bits per heavy atom. The van der Waals surface area contributed by atoms with Crippen LogP contribution in [-0.4, -0.2) is 24.4 Å². The monoisotopic (exact) mass is 130 g/mol. The summed E-state index contributed by atoms with van der Waals surface area (Å²) in [5.74, 6) is 0.435. The minimum absolute atomic E-state index is 0.0726. The Bertz CT molecular complexity index is 83.0. The molecule has 1 aliphatic carbocycles. The van der Waals surface area contributed by atoms with Gasteiger partial charge in [0.05, 0.1) is 12.7 Å². The first kappa shape index (κ1) is 7.03. The van der Waals surface area contributed by atoms with Crippen LogP contribution in [0.1, 0.15) is 19.8 Å². The van der Waals surface area contributed by atoms with Gasteiger partial charge in [-0.1, -0.05) is 0 Å². The molecule has 1 fully saturated rings. The predicted octanol–water partition coefficient (Wildman–Crippen LogP) is 0.794. The maximum absolute atomic E-state index is 9.05. The van der Waals surface area contributed by atoms with Gasteiger partial charge in [0.25, 0.3) is 0 Å². The third-order valence-corrected chi connectivity index (χ3v) is 1.91. The van der Waals surface area contributed by atoms with Gasteiger partial charge in [-0.05, 0) is 19.8 Å². The fourth-order valence-corrected chi connectivity index (χ4v) is 1.02. The van der Waals surface area contributed by atoms with Crippen LogP contribution in [0.15, 0.2) is 0 Å². The van der Waals surface area contributed by atoms with E-state index in [9.17, 15) is 0 Å². The van der Waals surface area contributed by atoms with Gasteiger partial charge in [-0.25, -0.2) is 0 Å². The van der Waals surface area contributed by atoms with E-state index >= 15 is 0 Å². The smallest absolute Gasteiger partial charge is 0.0590 e. The van der Waals surface area contributed by atoms with Gasteiger partial charge in [0.2, 0.25) is 0 Å². The zero-order valence-electron chi connectivity index (χ0n) is 5.84. The number of rotatable bonds is 3. The summed E-state index contributed by atoms with van der Waals surface area (Å²) < 4.78 is 5.15. The lowest BCUT2D eigenvalue weighted by atomic mass is 9.83. The molecule has 2 unspecified atom stereocenters. The van der Waals surface area contributed by atoms with Crippen LogP contribution in [0.25, 0.3) is 0 Å². The SMILES string of the molecule is CCOCC1CCC1O. The molecule has 0 saturated heterocycles. The average molecular weight is 130 g/mol. The summed E-state index contributed by atoms with van der Waals surface area (Å²) in [4.78, 5) is 0. The molecule has 0 amide bonds. The normalized spacial score (nSPS) is 34.0. The Hall–Kier alpha value is -0.0800. The molecular formula is C7H14O2. The standard InChI is InChI=1S/C7H14O2/c1-2-9-5-6-3-4-7(6)8/h6-8H,2-5H2,1H3. The van der Waals surface area contributed by atoms with Crippen molar-refractivity contribution in [1.82, 2.24) is 0 Å². The maximum atomic E-state index is 9.05. The topological polar surface area (TPSA) is 29.5 Å². The molecule has 1 saturated carbocycles. The molecule has 0 aromatic rings. The zero-order valence-corrected chi connectivity index (χ0v) is 5.84. The molecule has 0 aromatic heterocycles. The van der Waals surface area contributed by atoms with E-state index in [2.05, 4.69) is 0 Å². The summed E-state index contributed by atoms with van der Waals surface area (Å²) in [6, 6.07) is 0. The van der Waals surface area contributed by atoms with Crippen molar-refractivity contribution in [3.05, 3.63) is 0 Å². The van der Waals surface area contributed by atoms with Crippen LogP contribution in [0.2, 0.25) is 0 Å². The van der Waals surface area contributed by atoms with E-state index in [-0.39, 0.29) is 6.10 Å². The van der Waals surface area contributed by atoms with Crippen molar-refractivity contribution in [2.45, 2.75) is 25.9 Å². The fraction of sp³-hybridized carbons (Fsp3) is 1.00. The molecule has 0 aromatic carbocycles. The Morgan fingerprint density at radius 1 is 1.56 bits per heavy atom. The lowest BCUT2D eigenvalue weighted by molar-refractivity contribution is -0.0285. The number of aliphatic hydroxyl groups is 1. The average Bonchev–Trinajstić information content (AvgIpc) is 1.86. The Morgan fingerprint density at radius 2 is 2.33 bits per heavy atom. The van der Waals surface area contributed by atoms with E-state index in [0.29, 0.717) is 5.92 Å². The van der Waals surface area contributed by atoms with Crippen molar-refractivity contribution in [2.75, 3.05) is 13.2 Å². The highest BCUT2D eigenvalue weighted by Gasteiger charge is 2.28. The van der Waals surface area contributed by atoms with Crippen LogP contribution in [-0.2, 0) is 4.74 Å². The Balaban J connectivity index is 1.99. The highest BCUT2D eigenvalue weighted by Crippen LogP contribution is 2.26. The van der Waals surface area contributed by atoms with Crippen LogP contribution in [0.4, 0.5) is 0 Å². The first-order valence-corrected chi connectivity index (χ1v) is 3.60. The van der Waals surface area contributed by atoms with Gasteiger partial charge in [-0.15, -0.1) is 0 Å². The quantitative estimate of drug-likeness (QED) is 0.612. The number of ether oxygens (including phenoxy) is 1. The summed E-state index contributed by atoms with van der Waals surface area (Å²) in [7, 11) is 0. The summed E-state index contributed by atoms with van der Waals surface area (Å²) in [6.07, 6.45) is 2.04. The third-order valence-electron chi connectivity index (χ3n) is 1.91. The van der Waals surface area contributed by atoms with E-state index in [1.807, 2.05) is 6.92 Å². The van der Waals surface area contributed by atoms with Gasteiger partial charge in [0.15, 0.2) is 0 Å². The van der Waals surface area contributed by atoms with Crippen molar-refractivity contribution < 1.29 is 9.84 Å². The largest absolute Gasteiger partial charge is 0.393 e. The molecule has 9 heavy (non-hydrogen) atoms. The van der Waals surface area contributed by atoms with Crippen molar-refractivity contribution in [1.29, 1.82) is 0 Å². The molecule has 0 bridgehead atoms. The second-order valence-corrected chi connectivity index (χ2v) is 2.56. The lowest BCUT2D eigenvalue weighted by Crippen LogP contribution is -2.34. The molecule has 0 aliphatic heterocycles. The second-order valence-electron chi connectivity index (χ2n) is 2.56. The maximum Gasteiger partial charge on any atom is 0.0590 e. The molecular weight excluding hydrogens is 116 g/mol. The van der Waals surface area contributed by atoms with Crippen LogP contribution in [0.3, 0.4) is 0 Å². The Kier molecular flexibility index (Phi) is 2.49. The minimum Gasteiger partial charge on any atom is -0.393 e. The highest BCUT2D eigenvalue weighted by molar-refractivity contribution is 4.79. The van der Waals surface area contributed by atoms with Gasteiger partial charge in [-0.3, -0.25) is 0 Å². The molecule has 1 N–H and O–H groups in total. The first-order chi connectivity index (χ1) is 4.34. The van der Waals surface area contributed by atoms with Gasteiger partial charge in [0.1, 0.15) is 0 Å². The summed E-state index contributed by atoms with van der Waals surface area (Å²) >= 11 is 0. The van der Waals surface area contributed by atoms with Gasteiger partial charge in [-0.2, -0.15) is 0 Å². The van der Waals surface area contributed by atoms with Crippen LogP contribution in [0.5, 0.6) is 0 Å². The third kappa shape index (κ3) is 1.66. The summed E-state index contributed by atoms with van der Waals surface area (Å²) in [6.45, 7) is 3.49. The molecule has 2 heteroatoms. The molecule has 0 heterocycles. The summed E-state index contributed by atoms with van der Waals surface area (Å²) in [5.41, 5.74) is 0. The Labute approximate surface area is 55.8 Å². The van der Waals surface area contributed by atoms with Crippen molar-refractivity contribution in [2.24, 2.45) is 5.92 Å². The number of hydrogen-bond donors (Lipinski definition) is 1. The lowest BCUT2D eigenvalue weighted by Gasteiger charge is -2.31. The highest BCUT2D eigenvalue weighted by atomic mass is 16.5. The molecule has 1 rings (SSSR count). The first-order valence-electron chi connectivity index (χ1n) is 3.60. The summed E-state index contributed by atoms with van der Waals surface area (Å²) in [5, 5.41) is 9.05. The molecule has 0 radical (unpaired) electrons. The van der Waals surface area contributed by atoms with E-state index in [0.717, 1.165) is 26.1 Å². The molecule has 54 valence electrons. The van der Waals surface area contributed by atoms with Gasteiger partial charge in [0, 0.05) is 12.5 Å². The molecule has 2 atom stereocenters. The van der Waals surface area contributed by atoms with E-state index in [1.165, 1.54) is 0 Å². The minimum atomic E-state index is -0.0726. The van der Waals surface area contributed by atoms with Crippen LogP contribution < -0.4 is 0 Å². The van der Waals surface area contributed by atoms with Gasteiger partial charge < -0.3 is 9.84 Å². The number of hydrogen-bond acceptors (Lipinski definition) is 2. The zero-order chi connectivity index (χ0) is 6.69. The predicted molar refractivity (Wildman–Crippen MR) is 35.2 cm³/mol. The van der Waals surface area contributed by atoms with Crippen molar-refractivity contribution in [3.63, 3.8) is 0 Å².